The Morgan fingerprint density at radius 1 is 1.31 bits per heavy atom. The standard InChI is InChI=1S/C20H28N4O5/c1-5-20(2)18(26)24(19(27)21-20)22-17(25)12-23(14-6-7-14)11-13-10-15(28-3)8-9-16(13)29-4/h8-10,14H,5-7,11-12H2,1-4H3,(H,21,27)(H,22,25). The maximum Gasteiger partial charge on any atom is 0.344 e. The molecule has 0 radical (unpaired) electrons. The molecule has 0 bridgehead atoms. The van der Waals surface area contributed by atoms with Crippen molar-refractivity contribution in [3.05, 3.63) is 23.8 Å². The summed E-state index contributed by atoms with van der Waals surface area (Å²) < 4.78 is 10.7. The molecule has 4 amide bonds. The van der Waals surface area contributed by atoms with Crippen molar-refractivity contribution in [3.63, 3.8) is 0 Å². The average molecular weight is 404 g/mol. The van der Waals surface area contributed by atoms with Crippen molar-refractivity contribution < 1.29 is 23.9 Å². The van der Waals surface area contributed by atoms with Crippen LogP contribution in [0.3, 0.4) is 0 Å². The van der Waals surface area contributed by atoms with Gasteiger partial charge in [-0.25, -0.2) is 4.79 Å². The number of urea groups is 1. The molecule has 2 aliphatic rings. The second-order valence-electron chi connectivity index (χ2n) is 7.61. The van der Waals surface area contributed by atoms with Gasteiger partial charge in [0.05, 0.1) is 20.8 Å². The van der Waals surface area contributed by atoms with E-state index in [9.17, 15) is 14.4 Å². The van der Waals surface area contributed by atoms with E-state index in [4.69, 9.17) is 9.47 Å². The fourth-order valence-electron chi connectivity index (χ4n) is 3.35. The van der Waals surface area contributed by atoms with E-state index in [1.165, 1.54) is 0 Å². The summed E-state index contributed by atoms with van der Waals surface area (Å²) in [4.78, 5) is 39.2. The summed E-state index contributed by atoms with van der Waals surface area (Å²) in [7, 11) is 3.20. The van der Waals surface area contributed by atoms with Crippen molar-refractivity contribution in [1.29, 1.82) is 0 Å². The first-order valence-electron chi connectivity index (χ1n) is 9.72. The lowest BCUT2D eigenvalue weighted by Gasteiger charge is -2.24. The number of ether oxygens (including phenoxy) is 2. The van der Waals surface area contributed by atoms with Gasteiger partial charge in [-0.05, 0) is 44.4 Å². The molecule has 158 valence electrons. The third kappa shape index (κ3) is 4.45. The molecule has 0 spiro atoms. The summed E-state index contributed by atoms with van der Waals surface area (Å²) in [5.74, 6) is 0.553. The van der Waals surface area contributed by atoms with Gasteiger partial charge in [-0.15, -0.1) is 0 Å². The number of methoxy groups -OCH3 is 2. The van der Waals surface area contributed by atoms with Crippen LogP contribution in [0.15, 0.2) is 18.2 Å². The van der Waals surface area contributed by atoms with Gasteiger partial charge in [0.1, 0.15) is 17.0 Å². The highest BCUT2D eigenvalue weighted by molar-refractivity contribution is 6.07. The molecular weight excluding hydrogens is 376 g/mol. The lowest BCUT2D eigenvalue weighted by molar-refractivity contribution is -0.139. The van der Waals surface area contributed by atoms with Crippen molar-refractivity contribution in [3.8, 4) is 11.5 Å². The molecule has 29 heavy (non-hydrogen) atoms. The summed E-state index contributed by atoms with van der Waals surface area (Å²) in [5.41, 5.74) is 2.36. The van der Waals surface area contributed by atoms with Gasteiger partial charge in [-0.2, -0.15) is 5.01 Å². The van der Waals surface area contributed by atoms with Crippen LogP contribution in [-0.2, 0) is 16.1 Å². The molecule has 9 nitrogen and oxygen atoms in total. The van der Waals surface area contributed by atoms with Crippen LogP contribution in [0.4, 0.5) is 4.79 Å². The third-order valence-electron chi connectivity index (χ3n) is 5.48. The molecule has 1 aliphatic carbocycles. The molecule has 1 unspecified atom stereocenters. The Kier molecular flexibility index (Phi) is 5.97. The molecule has 2 fully saturated rings. The Morgan fingerprint density at radius 3 is 2.59 bits per heavy atom. The highest BCUT2D eigenvalue weighted by Crippen LogP contribution is 2.31. The van der Waals surface area contributed by atoms with Crippen LogP contribution >= 0.6 is 0 Å². The molecule has 0 aromatic heterocycles. The monoisotopic (exact) mass is 404 g/mol. The van der Waals surface area contributed by atoms with E-state index >= 15 is 0 Å². The fourth-order valence-corrected chi connectivity index (χ4v) is 3.35. The van der Waals surface area contributed by atoms with Crippen LogP contribution in [0.2, 0.25) is 0 Å². The van der Waals surface area contributed by atoms with E-state index in [1.807, 2.05) is 23.1 Å². The minimum absolute atomic E-state index is 0.0604. The predicted octanol–water partition coefficient (Wildman–Crippen LogP) is 1.42. The molecule has 1 aromatic carbocycles. The lowest BCUT2D eigenvalue weighted by atomic mass is 10.00. The average Bonchev–Trinajstić information content (AvgIpc) is 3.53. The zero-order valence-corrected chi connectivity index (χ0v) is 17.3. The van der Waals surface area contributed by atoms with Crippen LogP contribution in [0, 0.1) is 0 Å². The number of hydrogen-bond acceptors (Lipinski definition) is 6. The Labute approximate surface area is 170 Å². The highest BCUT2D eigenvalue weighted by Gasteiger charge is 2.47. The predicted molar refractivity (Wildman–Crippen MR) is 105 cm³/mol. The van der Waals surface area contributed by atoms with E-state index in [1.54, 1.807) is 28.1 Å². The van der Waals surface area contributed by atoms with Crippen molar-refractivity contribution in [2.24, 2.45) is 0 Å². The largest absolute Gasteiger partial charge is 0.497 e. The Hall–Kier alpha value is -2.81. The first-order chi connectivity index (χ1) is 13.8. The van der Waals surface area contributed by atoms with Gasteiger partial charge in [0.25, 0.3) is 11.8 Å². The Bertz CT molecular complexity index is 810. The van der Waals surface area contributed by atoms with Gasteiger partial charge < -0.3 is 14.8 Å². The maximum atomic E-state index is 12.6. The van der Waals surface area contributed by atoms with Crippen molar-refractivity contribution in [2.75, 3.05) is 20.8 Å². The van der Waals surface area contributed by atoms with Gasteiger partial charge in [0.2, 0.25) is 0 Å². The Balaban J connectivity index is 1.68. The molecule has 3 rings (SSSR count). The molecule has 1 heterocycles. The summed E-state index contributed by atoms with van der Waals surface area (Å²) in [6, 6.07) is 5.20. The number of nitrogens with one attached hydrogen (secondary N) is 2. The quantitative estimate of drug-likeness (QED) is 0.604. The number of imide groups is 1. The highest BCUT2D eigenvalue weighted by atomic mass is 16.5. The van der Waals surface area contributed by atoms with Gasteiger partial charge in [0, 0.05) is 18.2 Å². The molecule has 1 saturated carbocycles. The fraction of sp³-hybridized carbons (Fsp3) is 0.550. The Morgan fingerprint density at radius 2 is 2.03 bits per heavy atom. The third-order valence-corrected chi connectivity index (χ3v) is 5.48. The summed E-state index contributed by atoms with van der Waals surface area (Å²) in [6.07, 6.45) is 2.43. The smallest absolute Gasteiger partial charge is 0.344 e. The number of rotatable bonds is 9. The van der Waals surface area contributed by atoms with E-state index in [2.05, 4.69) is 10.7 Å². The van der Waals surface area contributed by atoms with Crippen LogP contribution in [-0.4, -0.2) is 60.1 Å². The molecule has 2 N–H and O–H groups in total. The first kappa shape index (κ1) is 20.9. The normalized spacial score (nSPS) is 21.3. The lowest BCUT2D eigenvalue weighted by Crippen LogP contribution is -2.51. The first-order valence-corrected chi connectivity index (χ1v) is 9.72. The number of amides is 4. The number of benzene rings is 1. The van der Waals surface area contributed by atoms with Crippen molar-refractivity contribution in [2.45, 2.75) is 51.2 Å². The number of hydrazine groups is 1. The van der Waals surface area contributed by atoms with Crippen molar-refractivity contribution in [1.82, 2.24) is 20.7 Å². The van der Waals surface area contributed by atoms with E-state index in [-0.39, 0.29) is 12.6 Å². The molecule has 1 aromatic rings. The van der Waals surface area contributed by atoms with Crippen LogP contribution in [0.25, 0.3) is 0 Å². The minimum atomic E-state index is -0.992. The topological polar surface area (TPSA) is 100 Å². The number of carbonyl (C=O) groups is 3. The van der Waals surface area contributed by atoms with Crippen molar-refractivity contribution >= 4 is 17.8 Å². The van der Waals surface area contributed by atoms with Gasteiger partial charge in [0.15, 0.2) is 0 Å². The van der Waals surface area contributed by atoms with Gasteiger partial charge in [-0.1, -0.05) is 6.92 Å². The second kappa shape index (κ2) is 8.28. The molecule has 1 saturated heterocycles. The SMILES string of the molecule is CCC1(C)NC(=O)N(NC(=O)CN(Cc2cc(OC)ccc2OC)C2CC2)C1=O. The number of nitrogens with zero attached hydrogens (tertiary/aromatic N) is 2. The number of carbonyl (C=O) groups excluding carboxylic acids is 3. The summed E-state index contributed by atoms with van der Waals surface area (Å²) >= 11 is 0. The van der Waals surface area contributed by atoms with Gasteiger partial charge in [-0.3, -0.25) is 19.9 Å². The minimum Gasteiger partial charge on any atom is -0.497 e. The molecule has 1 aliphatic heterocycles. The zero-order valence-electron chi connectivity index (χ0n) is 17.3. The van der Waals surface area contributed by atoms with Gasteiger partial charge >= 0.3 is 6.03 Å². The summed E-state index contributed by atoms with van der Waals surface area (Å²) in [6.45, 7) is 4.00. The molecular formula is C20H28N4O5. The van der Waals surface area contributed by atoms with Crippen LogP contribution in [0.5, 0.6) is 11.5 Å². The molecule has 1 atom stereocenters. The van der Waals surface area contributed by atoms with E-state index in [0.717, 1.165) is 23.4 Å². The maximum absolute atomic E-state index is 12.6. The number of hydrogen-bond donors (Lipinski definition) is 2. The van der Waals surface area contributed by atoms with Crippen LogP contribution < -0.4 is 20.2 Å². The van der Waals surface area contributed by atoms with E-state index < -0.39 is 23.4 Å². The molecule has 9 heteroatoms. The zero-order chi connectivity index (χ0) is 21.2. The van der Waals surface area contributed by atoms with E-state index in [0.29, 0.717) is 24.5 Å². The summed E-state index contributed by atoms with van der Waals surface area (Å²) in [5, 5.41) is 3.40. The van der Waals surface area contributed by atoms with Crippen LogP contribution in [0.1, 0.15) is 38.7 Å². The second-order valence-corrected chi connectivity index (χ2v) is 7.61.